The molecule has 4 heterocycles. The lowest BCUT2D eigenvalue weighted by Gasteiger charge is -2.35. The first kappa shape index (κ1) is 13.8. The summed E-state index contributed by atoms with van der Waals surface area (Å²) in [6.07, 6.45) is 3.52. The maximum Gasteiger partial charge on any atom is 0.290 e. The van der Waals surface area contributed by atoms with Crippen LogP contribution in [-0.2, 0) is 24.8 Å². The molecule has 1 aliphatic rings. The minimum atomic E-state index is -2.88. The van der Waals surface area contributed by atoms with Gasteiger partial charge in [0.05, 0.1) is 31.4 Å². The minimum Gasteiger partial charge on any atom is -0.382 e. The van der Waals surface area contributed by atoms with Crippen molar-refractivity contribution in [3.05, 3.63) is 71.2 Å². The van der Waals surface area contributed by atoms with E-state index in [0.29, 0.717) is 4.68 Å². The van der Waals surface area contributed by atoms with E-state index in [9.17, 15) is 9.18 Å². The third-order valence-corrected chi connectivity index (χ3v) is 5.57. The first-order valence-electron chi connectivity index (χ1n) is 16.2. The van der Waals surface area contributed by atoms with Crippen LogP contribution in [0.3, 0.4) is 0 Å². The first-order chi connectivity index (χ1) is 21.7. The average Bonchev–Trinajstić information content (AvgIpc) is 3.60. The molecule has 0 radical (unpaired) electrons. The first-order valence-corrected chi connectivity index (χ1v) is 10.7. The van der Waals surface area contributed by atoms with E-state index in [4.69, 9.17) is 19.8 Å². The summed E-state index contributed by atoms with van der Waals surface area (Å²) in [5.41, 5.74) is -0.722. The second-order valence-electron chi connectivity index (χ2n) is 8.03. The Labute approximate surface area is 223 Å². The highest BCUT2D eigenvalue weighted by Gasteiger charge is 2.35. The van der Waals surface area contributed by atoms with Crippen LogP contribution in [0.2, 0.25) is 0 Å². The Morgan fingerprint density at radius 1 is 1.31 bits per heavy atom. The average molecular weight is 502 g/mol. The number of benzene rings is 1. The number of methoxy groups -OCH3 is 1. The van der Waals surface area contributed by atoms with E-state index < -0.39 is 51.7 Å². The smallest absolute Gasteiger partial charge is 0.290 e. The number of fused-ring (bicyclic) bond motifs is 1. The molecule has 10 nitrogen and oxygen atoms in total. The third-order valence-electron chi connectivity index (χ3n) is 5.57. The predicted molar refractivity (Wildman–Crippen MR) is 131 cm³/mol. The van der Waals surface area contributed by atoms with Gasteiger partial charge in [0.2, 0.25) is 5.95 Å². The molecule has 11 heteroatoms. The number of hydrogen-bond acceptors (Lipinski definition) is 7. The number of aromatic nitrogens is 6. The summed E-state index contributed by atoms with van der Waals surface area (Å²) in [6, 6.07) is 3.68. The lowest BCUT2D eigenvalue weighted by atomic mass is 10.1. The summed E-state index contributed by atoms with van der Waals surface area (Å²) in [4.78, 5) is 27.3. The van der Waals surface area contributed by atoms with E-state index in [0.717, 1.165) is 17.2 Å². The van der Waals surface area contributed by atoms with Crippen molar-refractivity contribution < 1.29 is 29.0 Å². The molecule has 1 atom stereocenters. The van der Waals surface area contributed by atoms with Crippen LogP contribution >= 0.6 is 0 Å². The molecule has 1 aromatic carbocycles. The summed E-state index contributed by atoms with van der Waals surface area (Å²) >= 11 is 0. The van der Waals surface area contributed by atoms with Gasteiger partial charge in [-0.1, -0.05) is 12.1 Å². The molecule has 3 aromatic heterocycles. The van der Waals surface area contributed by atoms with E-state index in [-0.39, 0.29) is 52.2 Å². The van der Waals surface area contributed by atoms with E-state index in [1.165, 1.54) is 42.1 Å². The van der Waals surface area contributed by atoms with E-state index in [2.05, 4.69) is 25.4 Å². The normalized spacial score (nSPS) is 21.3. The van der Waals surface area contributed by atoms with Gasteiger partial charge in [-0.2, -0.15) is 5.10 Å². The summed E-state index contributed by atoms with van der Waals surface area (Å²) in [7, 11) is -2.88. The standard InChI is InChI=1S/C25H27FN8O2/c1-15-5-6-17(9-19(15)26)11-34-18(14-36-4)12-33-13-20(29-23(33)24(34)35)22-16(2)10-27-25(31-22)30-21-7-8-28-32(21)3/h5-10,13,18H,11-12,14H2,1-4H3,(H,27,30,31)/t18-/m0/s1/i2D3,3D3,4D3,11D2. The number of rotatable bonds is 7. The SMILES string of the molecule is [2H]C([2H])([2H])OC[C@@H]1Cn2cc(-c3nc(Nc4ccnn4C([2H])([2H])[2H])ncc3C([2H])([2H])[2H])nc2C(=O)N1C([2H])([2H])c1ccc(C)c(F)c1. The van der Waals surface area contributed by atoms with Gasteiger partial charge >= 0.3 is 0 Å². The predicted octanol–water partition coefficient (Wildman–Crippen LogP) is 3.24. The number of anilines is 2. The third kappa shape index (κ3) is 4.44. The van der Waals surface area contributed by atoms with Crippen LogP contribution in [0.4, 0.5) is 16.2 Å². The maximum absolute atomic E-state index is 14.5. The minimum absolute atomic E-state index is 0.0283. The number of nitrogens with zero attached hydrogens (tertiary/aromatic N) is 7. The molecular weight excluding hydrogens is 463 g/mol. The highest BCUT2D eigenvalue weighted by Crippen LogP contribution is 2.27. The second kappa shape index (κ2) is 9.50. The number of halogens is 1. The fraction of sp³-hybridized carbons (Fsp3) is 0.320. The Hall–Kier alpha value is -4.12. The van der Waals surface area contributed by atoms with Crippen LogP contribution in [0, 0.1) is 19.6 Å². The zero-order valence-corrected chi connectivity index (χ0v) is 18.9. The van der Waals surface area contributed by atoms with Gasteiger partial charge in [0, 0.05) is 53.7 Å². The Morgan fingerprint density at radius 3 is 3.03 bits per heavy atom. The van der Waals surface area contributed by atoms with Gasteiger partial charge in [-0.15, -0.1) is 0 Å². The van der Waals surface area contributed by atoms with Crippen LogP contribution in [-0.4, -0.2) is 59.8 Å². The molecule has 0 saturated carbocycles. The topological polar surface area (TPSA) is 103 Å². The zero-order valence-electron chi connectivity index (χ0n) is 29.9. The van der Waals surface area contributed by atoms with Gasteiger partial charge in [-0.3, -0.25) is 9.48 Å². The van der Waals surface area contributed by atoms with E-state index in [1.54, 1.807) is 0 Å². The fourth-order valence-electron chi connectivity index (χ4n) is 3.74. The molecule has 0 fully saturated rings. The molecule has 1 aliphatic heterocycles. The molecule has 186 valence electrons. The number of amides is 1. The van der Waals surface area contributed by atoms with Crippen molar-refractivity contribution in [2.24, 2.45) is 6.98 Å². The van der Waals surface area contributed by atoms with Gasteiger partial charge in [0.1, 0.15) is 17.3 Å². The van der Waals surface area contributed by atoms with Crippen molar-refractivity contribution in [3.63, 3.8) is 0 Å². The zero-order chi connectivity index (χ0) is 34.7. The largest absolute Gasteiger partial charge is 0.382 e. The van der Waals surface area contributed by atoms with Crippen LogP contribution in [0.25, 0.3) is 11.4 Å². The monoisotopic (exact) mass is 501 g/mol. The van der Waals surface area contributed by atoms with Crippen molar-refractivity contribution >= 4 is 17.7 Å². The van der Waals surface area contributed by atoms with Crippen molar-refractivity contribution in [1.82, 2.24) is 34.2 Å². The lowest BCUT2D eigenvalue weighted by molar-refractivity contribution is 0.0380. The van der Waals surface area contributed by atoms with E-state index in [1.807, 2.05) is 0 Å². The molecule has 0 spiro atoms. The second-order valence-corrected chi connectivity index (χ2v) is 8.03. The number of aryl methyl sites for hydroxylation is 3. The van der Waals surface area contributed by atoms with Gasteiger partial charge in [-0.25, -0.2) is 19.3 Å². The van der Waals surface area contributed by atoms with Crippen LogP contribution in [0.15, 0.2) is 42.9 Å². The van der Waals surface area contributed by atoms with E-state index >= 15 is 0 Å². The highest BCUT2D eigenvalue weighted by molar-refractivity contribution is 5.92. The van der Waals surface area contributed by atoms with Gasteiger partial charge in [0.15, 0.2) is 5.82 Å². The molecule has 0 unspecified atom stereocenters. The number of carbonyl (C=O) groups excluding carboxylic acids is 1. The van der Waals surface area contributed by atoms with Gasteiger partial charge < -0.3 is 19.5 Å². The Balaban J connectivity index is 1.59. The number of hydrogen-bond donors (Lipinski definition) is 1. The van der Waals surface area contributed by atoms with Crippen LogP contribution < -0.4 is 5.32 Å². The fourth-order valence-corrected chi connectivity index (χ4v) is 3.74. The Kier molecular flexibility index (Phi) is 3.65. The summed E-state index contributed by atoms with van der Waals surface area (Å²) < 4.78 is 109. The quantitative estimate of drug-likeness (QED) is 0.415. The number of nitrogens with one attached hydrogen (secondary N) is 1. The molecule has 5 rings (SSSR count). The van der Waals surface area contributed by atoms with Crippen molar-refractivity contribution in [2.75, 3.05) is 19.0 Å². The number of carbonyl (C=O) groups is 1. The Morgan fingerprint density at radius 2 is 2.22 bits per heavy atom. The molecule has 0 aliphatic carbocycles. The maximum atomic E-state index is 14.5. The Bertz CT molecular complexity index is 1820. The molecular formula is C25H27FN8O2. The van der Waals surface area contributed by atoms with Crippen LogP contribution in [0.1, 0.15) is 42.4 Å². The highest BCUT2D eigenvalue weighted by atomic mass is 19.1. The van der Waals surface area contributed by atoms with Gasteiger partial charge in [0.25, 0.3) is 5.91 Å². The van der Waals surface area contributed by atoms with Crippen molar-refractivity contribution in [2.45, 2.75) is 32.9 Å². The lowest BCUT2D eigenvalue weighted by Crippen LogP contribution is -2.49. The molecule has 1 N–H and O–H groups in total. The molecule has 0 bridgehead atoms. The van der Waals surface area contributed by atoms with Crippen molar-refractivity contribution in [1.29, 1.82) is 0 Å². The number of imidazole rings is 1. The van der Waals surface area contributed by atoms with Crippen molar-refractivity contribution in [3.8, 4) is 11.4 Å². The summed E-state index contributed by atoms with van der Waals surface area (Å²) in [5.74, 6) is -2.33. The molecule has 4 aromatic rings. The molecule has 1 amide bonds. The van der Waals surface area contributed by atoms with Gasteiger partial charge in [-0.05, 0) is 36.5 Å². The number of ether oxygens (including phenoxy) is 1. The summed E-state index contributed by atoms with van der Waals surface area (Å²) in [6.45, 7) is -7.49. The summed E-state index contributed by atoms with van der Waals surface area (Å²) in [5, 5.41) is 6.44. The molecule has 36 heavy (non-hydrogen) atoms. The molecule has 0 saturated heterocycles. The van der Waals surface area contributed by atoms with Crippen LogP contribution in [0.5, 0.6) is 0 Å².